The molecule has 3 heterocycles. The van der Waals surface area contributed by atoms with Gasteiger partial charge in [0.25, 0.3) is 5.91 Å². The number of fused-ring (bicyclic) bond motifs is 2. The first-order chi connectivity index (χ1) is 16.4. The number of aliphatic carboxylic acids is 1. The van der Waals surface area contributed by atoms with Crippen molar-refractivity contribution in [3.05, 3.63) is 64.5 Å². The molecule has 0 radical (unpaired) electrons. The molecule has 0 bridgehead atoms. The van der Waals surface area contributed by atoms with Crippen molar-refractivity contribution in [1.29, 1.82) is 0 Å². The van der Waals surface area contributed by atoms with Gasteiger partial charge in [0.2, 0.25) is 5.91 Å². The van der Waals surface area contributed by atoms with E-state index >= 15 is 0 Å². The number of amides is 2. The van der Waals surface area contributed by atoms with E-state index in [4.69, 9.17) is 0 Å². The molecule has 0 saturated carbocycles. The third-order valence-electron chi connectivity index (χ3n) is 6.78. The maximum absolute atomic E-state index is 13.8. The Kier molecular flexibility index (Phi) is 5.69. The zero-order valence-corrected chi connectivity index (χ0v) is 19.7. The monoisotopic (exact) mass is 475 g/mol. The van der Waals surface area contributed by atoms with Crippen molar-refractivity contribution in [3.63, 3.8) is 0 Å². The number of hydrogen-bond donors (Lipinski definition) is 1. The standard InChI is InChI=1S/C26H25N3O4S/c1-26(10-13-29(26)24(32)20-16-34-22-5-3-2-4-19(20)22)25(33)28(12-9-23(30)31)15-17-6-7-21-18(14-17)8-11-27-21/h2-7,11,14,16H,8-10,12-13,15H2,1H3,(H,30,31). The molecule has 0 aliphatic carbocycles. The van der Waals surface area contributed by atoms with E-state index in [2.05, 4.69) is 4.99 Å². The number of likely N-dealkylation sites (tertiary alicyclic amines) is 1. The lowest BCUT2D eigenvalue weighted by molar-refractivity contribution is -0.150. The molecule has 174 valence electrons. The van der Waals surface area contributed by atoms with Crippen molar-refractivity contribution in [1.82, 2.24) is 9.80 Å². The second-order valence-electron chi connectivity index (χ2n) is 8.98. The van der Waals surface area contributed by atoms with Crippen LogP contribution in [-0.2, 0) is 22.6 Å². The summed E-state index contributed by atoms with van der Waals surface area (Å²) < 4.78 is 1.03. The average molecular weight is 476 g/mol. The fourth-order valence-electron chi connectivity index (χ4n) is 4.71. The first-order valence-corrected chi connectivity index (χ1v) is 12.2. The normalized spacial score (nSPS) is 18.6. The Morgan fingerprint density at radius 1 is 1.21 bits per heavy atom. The van der Waals surface area contributed by atoms with Gasteiger partial charge in [-0.3, -0.25) is 19.4 Å². The molecule has 1 saturated heterocycles. The molecule has 0 spiro atoms. The third kappa shape index (κ3) is 3.88. The second kappa shape index (κ2) is 8.68. The number of aliphatic imine (C=N–C) groups is 1. The Labute approximate surface area is 201 Å². The summed E-state index contributed by atoms with van der Waals surface area (Å²) in [7, 11) is 0. The number of carbonyl (C=O) groups excluding carboxylic acids is 2. The Morgan fingerprint density at radius 2 is 2.03 bits per heavy atom. The smallest absolute Gasteiger partial charge is 0.305 e. The summed E-state index contributed by atoms with van der Waals surface area (Å²) in [4.78, 5) is 46.1. The zero-order valence-electron chi connectivity index (χ0n) is 18.9. The summed E-state index contributed by atoms with van der Waals surface area (Å²) >= 11 is 1.51. The Bertz CT molecular complexity index is 1330. The minimum absolute atomic E-state index is 0.0841. The van der Waals surface area contributed by atoms with Crippen LogP contribution in [0.2, 0.25) is 0 Å². The minimum Gasteiger partial charge on any atom is -0.481 e. The van der Waals surface area contributed by atoms with Crippen LogP contribution >= 0.6 is 11.3 Å². The molecule has 7 nitrogen and oxygen atoms in total. The zero-order chi connectivity index (χ0) is 23.9. The Hall–Kier alpha value is -3.52. The summed E-state index contributed by atoms with van der Waals surface area (Å²) in [6, 6.07) is 13.6. The SMILES string of the molecule is CC1(C(=O)N(CCC(=O)O)Cc2ccc3c(c2)CC=N3)CCN1C(=O)c1csc2ccccc12. The Balaban J connectivity index is 1.39. The molecular formula is C26H25N3O4S. The van der Waals surface area contributed by atoms with E-state index in [1.54, 1.807) is 16.7 Å². The number of carboxylic acids is 1. The predicted molar refractivity (Wildman–Crippen MR) is 132 cm³/mol. The van der Waals surface area contributed by atoms with Crippen molar-refractivity contribution in [2.75, 3.05) is 13.1 Å². The van der Waals surface area contributed by atoms with E-state index in [0.717, 1.165) is 33.3 Å². The Morgan fingerprint density at radius 3 is 2.79 bits per heavy atom. The summed E-state index contributed by atoms with van der Waals surface area (Å²) in [6.07, 6.45) is 3.00. The minimum atomic E-state index is -1.00. The molecule has 5 rings (SSSR count). The molecule has 1 unspecified atom stereocenters. The quantitative estimate of drug-likeness (QED) is 0.553. The number of hydrogen-bond acceptors (Lipinski definition) is 5. The number of rotatable bonds is 7. The highest BCUT2D eigenvalue weighted by Gasteiger charge is 2.51. The first-order valence-electron chi connectivity index (χ1n) is 11.3. The summed E-state index contributed by atoms with van der Waals surface area (Å²) in [5.41, 5.74) is 2.55. The molecule has 1 N–H and O–H groups in total. The van der Waals surface area contributed by atoms with Crippen molar-refractivity contribution >= 4 is 51.1 Å². The molecular weight excluding hydrogens is 450 g/mol. The van der Waals surface area contributed by atoms with Gasteiger partial charge in [0.15, 0.2) is 0 Å². The van der Waals surface area contributed by atoms with Gasteiger partial charge in [0.05, 0.1) is 17.7 Å². The molecule has 2 aromatic carbocycles. The van der Waals surface area contributed by atoms with Gasteiger partial charge in [-0.15, -0.1) is 11.3 Å². The number of benzene rings is 2. The number of carbonyl (C=O) groups is 3. The van der Waals surface area contributed by atoms with Crippen molar-refractivity contribution in [2.45, 2.75) is 38.3 Å². The van der Waals surface area contributed by atoms with Gasteiger partial charge in [0.1, 0.15) is 5.54 Å². The molecule has 8 heteroatoms. The van der Waals surface area contributed by atoms with Crippen molar-refractivity contribution < 1.29 is 19.5 Å². The molecule has 2 aliphatic rings. The molecule has 1 fully saturated rings. The van der Waals surface area contributed by atoms with E-state index in [1.807, 2.05) is 54.1 Å². The van der Waals surface area contributed by atoms with Gasteiger partial charge in [-0.25, -0.2) is 0 Å². The molecule has 2 aliphatic heterocycles. The highest BCUT2D eigenvalue weighted by Crippen LogP contribution is 2.37. The molecule has 3 aromatic rings. The number of thiophene rings is 1. The van der Waals surface area contributed by atoms with E-state index in [1.165, 1.54) is 11.3 Å². The van der Waals surface area contributed by atoms with Crippen LogP contribution < -0.4 is 0 Å². The van der Waals surface area contributed by atoms with Gasteiger partial charge in [-0.1, -0.05) is 30.3 Å². The first kappa shape index (κ1) is 22.3. The average Bonchev–Trinajstić information content (AvgIpc) is 3.46. The van der Waals surface area contributed by atoms with Crippen LogP contribution in [0.3, 0.4) is 0 Å². The van der Waals surface area contributed by atoms with Crippen LogP contribution in [0.4, 0.5) is 5.69 Å². The van der Waals surface area contributed by atoms with Crippen molar-refractivity contribution in [2.24, 2.45) is 4.99 Å². The van der Waals surface area contributed by atoms with Crippen molar-refractivity contribution in [3.8, 4) is 0 Å². The summed E-state index contributed by atoms with van der Waals surface area (Å²) in [6.45, 7) is 2.66. The van der Waals surface area contributed by atoms with Gasteiger partial charge in [-0.05, 0) is 36.6 Å². The maximum atomic E-state index is 13.8. The van der Waals surface area contributed by atoms with Crippen LogP contribution in [0.25, 0.3) is 10.1 Å². The molecule has 2 amide bonds. The fourth-order valence-corrected chi connectivity index (χ4v) is 5.64. The number of carboxylic acid groups (broad SMARTS) is 1. The maximum Gasteiger partial charge on any atom is 0.305 e. The van der Waals surface area contributed by atoms with E-state index in [0.29, 0.717) is 25.1 Å². The number of nitrogens with zero attached hydrogens (tertiary/aromatic N) is 3. The highest BCUT2D eigenvalue weighted by atomic mass is 32.1. The van der Waals surface area contributed by atoms with E-state index < -0.39 is 11.5 Å². The van der Waals surface area contributed by atoms with Crippen LogP contribution in [0.5, 0.6) is 0 Å². The van der Waals surface area contributed by atoms with Crippen LogP contribution in [0.15, 0.2) is 52.8 Å². The van der Waals surface area contributed by atoms with Gasteiger partial charge >= 0.3 is 5.97 Å². The lowest BCUT2D eigenvalue weighted by Gasteiger charge is -2.51. The predicted octanol–water partition coefficient (Wildman–Crippen LogP) is 4.27. The lowest BCUT2D eigenvalue weighted by Crippen LogP contribution is -2.67. The van der Waals surface area contributed by atoms with E-state index in [-0.39, 0.29) is 24.8 Å². The lowest BCUT2D eigenvalue weighted by atomic mass is 9.84. The molecule has 34 heavy (non-hydrogen) atoms. The summed E-state index contributed by atoms with van der Waals surface area (Å²) in [5.74, 6) is -1.34. The molecule has 1 aromatic heterocycles. The second-order valence-corrected chi connectivity index (χ2v) is 9.89. The highest BCUT2D eigenvalue weighted by molar-refractivity contribution is 7.17. The van der Waals surface area contributed by atoms with Gasteiger partial charge in [0, 0.05) is 47.7 Å². The summed E-state index contributed by atoms with van der Waals surface area (Å²) in [5, 5.41) is 12.0. The van der Waals surface area contributed by atoms with Crippen LogP contribution in [0.1, 0.15) is 41.3 Å². The topological polar surface area (TPSA) is 90.3 Å². The van der Waals surface area contributed by atoms with E-state index in [9.17, 15) is 19.5 Å². The van der Waals surface area contributed by atoms with Gasteiger partial charge < -0.3 is 14.9 Å². The molecule has 1 atom stereocenters. The van der Waals surface area contributed by atoms with Crippen LogP contribution in [-0.4, -0.2) is 57.5 Å². The fraction of sp³-hybridized carbons (Fsp3) is 0.308. The van der Waals surface area contributed by atoms with Crippen LogP contribution in [0, 0.1) is 0 Å². The van der Waals surface area contributed by atoms with Gasteiger partial charge in [-0.2, -0.15) is 0 Å². The third-order valence-corrected chi connectivity index (χ3v) is 7.74. The largest absolute Gasteiger partial charge is 0.481 e.